The van der Waals surface area contributed by atoms with Crippen molar-refractivity contribution >= 4 is 0 Å². The Morgan fingerprint density at radius 3 is 2.60 bits per heavy atom. The summed E-state index contributed by atoms with van der Waals surface area (Å²) in [5.74, 6) is 0.657. The van der Waals surface area contributed by atoms with Gasteiger partial charge in [0.1, 0.15) is 0 Å². The SMILES string of the molecule is CCNCCC(C)c1ccc(C)cc1C. The van der Waals surface area contributed by atoms with E-state index in [1.807, 2.05) is 0 Å². The molecule has 1 atom stereocenters. The van der Waals surface area contributed by atoms with Crippen LogP contribution in [0.5, 0.6) is 0 Å². The van der Waals surface area contributed by atoms with Gasteiger partial charge in [-0.05, 0) is 50.4 Å². The molecule has 0 fully saturated rings. The molecule has 1 N–H and O–H groups in total. The molecule has 0 heterocycles. The van der Waals surface area contributed by atoms with Gasteiger partial charge in [0.2, 0.25) is 0 Å². The Labute approximate surface area is 93.9 Å². The fourth-order valence-corrected chi connectivity index (χ4v) is 2.03. The van der Waals surface area contributed by atoms with Crippen LogP contribution in [0.1, 0.15) is 42.9 Å². The number of rotatable bonds is 5. The van der Waals surface area contributed by atoms with Crippen molar-refractivity contribution in [3.8, 4) is 0 Å². The zero-order chi connectivity index (χ0) is 11.3. The molecule has 0 aliphatic carbocycles. The lowest BCUT2D eigenvalue weighted by Gasteiger charge is -2.15. The number of nitrogens with one attached hydrogen (secondary N) is 1. The van der Waals surface area contributed by atoms with E-state index in [-0.39, 0.29) is 0 Å². The molecule has 1 heteroatoms. The molecule has 0 aromatic heterocycles. The predicted octanol–water partition coefficient (Wildman–Crippen LogP) is 3.41. The largest absolute Gasteiger partial charge is 0.317 e. The lowest BCUT2D eigenvalue weighted by Crippen LogP contribution is -2.16. The second-order valence-electron chi connectivity index (χ2n) is 4.40. The third kappa shape index (κ3) is 3.67. The summed E-state index contributed by atoms with van der Waals surface area (Å²) in [5, 5.41) is 3.38. The molecule has 1 aromatic carbocycles. The van der Waals surface area contributed by atoms with Gasteiger partial charge in [0.05, 0.1) is 0 Å². The third-order valence-corrected chi connectivity index (χ3v) is 2.96. The van der Waals surface area contributed by atoms with Crippen molar-refractivity contribution < 1.29 is 0 Å². The normalized spacial score (nSPS) is 12.8. The minimum absolute atomic E-state index is 0.657. The summed E-state index contributed by atoms with van der Waals surface area (Å²) in [5.41, 5.74) is 4.28. The van der Waals surface area contributed by atoms with Gasteiger partial charge in [-0.2, -0.15) is 0 Å². The van der Waals surface area contributed by atoms with E-state index in [2.05, 4.69) is 51.2 Å². The van der Waals surface area contributed by atoms with Crippen LogP contribution in [-0.4, -0.2) is 13.1 Å². The van der Waals surface area contributed by atoms with Crippen LogP contribution >= 0.6 is 0 Å². The molecule has 0 amide bonds. The molecular formula is C14H23N. The van der Waals surface area contributed by atoms with Crippen LogP contribution in [0.2, 0.25) is 0 Å². The number of benzene rings is 1. The molecule has 0 bridgehead atoms. The average Bonchev–Trinajstić information content (AvgIpc) is 2.17. The van der Waals surface area contributed by atoms with Crippen LogP contribution in [0, 0.1) is 13.8 Å². The molecule has 1 nitrogen and oxygen atoms in total. The molecule has 0 spiro atoms. The van der Waals surface area contributed by atoms with Gasteiger partial charge in [-0.1, -0.05) is 37.6 Å². The van der Waals surface area contributed by atoms with E-state index >= 15 is 0 Å². The molecular weight excluding hydrogens is 182 g/mol. The summed E-state index contributed by atoms with van der Waals surface area (Å²) in [6, 6.07) is 6.77. The van der Waals surface area contributed by atoms with Gasteiger partial charge in [-0.15, -0.1) is 0 Å². The van der Waals surface area contributed by atoms with Crippen LogP contribution in [0.4, 0.5) is 0 Å². The van der Waals surface area contributed by atoms with Crippen molar-refractivity contribution in [2.75, 3.05) is 13.1 Å². The standard InChI is InChI=1S/C14H23N/c1-5-15-9-8-12(3)14-7-6-11(2)10-13(14)4/h6-7,10,12,15H,5,8-9H2,1-4H3. The first kappa shape index (κ1) is 12.3. The maximum absolute atomic E-state index is 3.38. The Balaban J connectivity index is 2.61. The molecule has 0 aliphatic heterocycles. The summed E-state index contributed by atoms with van der Waals surface area (Å²) in [4.78, 5) is 0. The highest BCUT2D eigenvalue weighted by Crippen LogP contribution is 2.22. The van der Waals surface area contributed by atoms with Gasteiger partial charge < -0.3 is 5.32 Å². The van der Waals surface area contributed by atoms with Crippen molar-refractivity contribution in [3.63, 3.8) is 0 Å². The Morgan fingerprint density at radius 2 is 2.00 bits per heavy atom. The van der Waals surface area contributed by atoms with Crippen LogP contribution in [-0.2, 0) is 0 Å². The predicted molar refractivity (Wildman–Crippen MR) is 67.5 cm³/mol. The first-order valence-corrected chi connectivity index (χ1v) is 5.93. The maximum Gasteiger partial charge on any atom is -0.00433 e. The minimum atomic E-state index is 0.657. The fourth-order valence-electron chi connectivity index (χ4n) is 2.03. The van der Waals surface area contributed by atoms with E-state index in [1.54, 1.807) is 0 Å². The van der Waals surface area contributed by atoms with Gasteiger partial charge in [0, 0.05) is 0 Å². The van der Waals surface area contributed by atoms with Crippen LogP contribution in [0.3, 0.4) is 0 Å². The molecule has 84 valence electrons. The van der Waals surface area contributed by atoms with Gasteiger partial charge in [0.15, 0.2) is 0 Å². The summed E-state index contributed by atoms with van der Waals surface area (Å²) >= 11 is 0. The van der Waals surface area contributed by atoms with Gasteiger partial charge >= 0.3 is 0 Å². The second-order valence-corrected chi connectivity index (χ2v) is 4.40. The molecule has 0 radical (unpaired) electrons. The summed E-state index contributed by atoms with van der Waals surface area (Å²) in [6.45, 7) is 11.0. The number of aryl methyl sites for hydroxylation is 2. The molecule has 1 aromatic rings. The van der Waals surface area contributed by atoms with Crippen LogP contribution < -0.4 is 5.32 Å². The monoisotopic (exact) mass is 205 g/mol. The van der Waals surface area contributed by atoms with E-state index in [9.17, 15) is 0 Å². The van der Waals surface area contributed by atoms with E-state index in [1.165, 1.54) is 23.1 Å². The molecule has 1 rings (SSSR count). The van der Waals surface area contributed by atoms with E-state index < -0.39 is 0 Å². The Hall–Kier alpha value is -0.820. The van der Waals surface area contributed by atoms with E-state index in [0.717, 1.165) is 13.1 Å². The third-order valence-electron chi connectivity index (χ3n) is 2.96. The van der Waals surface area contributed by atoms with Crippen molar-refractivity contribution in [2.45, 2.75) is 40.0 Å². The quantitative estimate of drug-likeness (QED) is 0.726. The first-order valence-electron chi connectivity index (χ1n) is 5.93. The average molecular weight is 205 g/mol. The van der Waals surface area contributed by atoms with Crippen LogP contribution in [0.25, 0.3) is 0 Å². The summed E-state index contributed by atoms with van der Waals surface area (Å²) < 4.78 is 0. The molecule has 0 saturated carbocycles. The molecule has 15 heavy (non-hydrogen) atoms. The fraction of sp³-hybridized carbons (Fsp3) is 0.571. The summed E-state index contributed by atoms with van der Waals surface area (Å²) in [7, 11) is 0. The molecule has 0 saturated heterocycles. The van der Waals surface area contributed by atoms with Crippen molar-refractivity contribution in [3.05, 3.63) is 34.9 Å². The highest BCUT2D eigenvalue weighted by molar-refractivity contribution is 5.32. The number of hydrogen-bond donors (Lipinski definition) is 1. The zero-order valence-corrected chi connectivity index (χ0v) is 10.4. The first-order chi connectivity index (χ1) is 7.15. The Morgan fingerprint density at radius 1 is 1.27 bits per heavy atom. The smallest absolute Gasteiger partial charge is 0.00433 e. The molecule has 1 unspecified atom stereocenters. The van der Waals surface area contributed by atoms with Crippen molar-refractivity contribution in [1.29, 1.82) is 0 Å². The van der Waals surface area contributed by atoms with Crippen LogP contribution in [0.15, 0.2) is 18.2 Å². The number of hydrogen-bond acceptors (Lipinski definition) is 1. The van der Waals surface area contributed by atoms with Gasteiger partial charge in [-0.3, -0.25) is 0 Å². The summed E-state index contributed by atoms with van der Waals surface area (Å²) in [6.07, 6.45) is 1.22. The highest BCUT2D eigenvalue weighted by Gasteiger charge is 2.07. The second kappa shape index (κ2) is 5.92. The molecule has 0 aliphatic rings. The van der Waals surface area contributed by atoms with Gasteiger partial charge in [0.25, 0.3) is 0 Å². The Bertz CT molecular complexity index is 304. The van der Waals surface area contributed by atoms with Crippen molar-refractivity contribution in [1.82, 2.24) is 5.32 Å². The van der Waals surface area contributed by atoms with Gasteiger partial charge in [-0.25, -0.2) is 0 Å². The topological polar surface area (TPSA) is 12.0 Å². The highest BCUT2D eigenvalue weighted by atomic mass is 14.8. The van der Waals surface area contributed by atoms with Crippen molar-refractivity contribution in [2.24, 2.45) is 0 Å². The van der Waals surface area contributed by atoms with E-state index in [0.29, 0.717) is 5.92 Å². The Kier molecular flexibility index (Phi) is 4.83. The lowest BCUT2D eigenvalue weighted by molar-refractivity contribution is 0.607. The lowest BCUT2D eigenvalue weighted by atomic mass is 9.92. The van der Waals surface area contributed by atoms with E-state index in [4.69, 9.17) is 0 Å². The zero-order valence-electron chi connectivity index (χ0n) is 10.4. The minimum Gasteiger partial charge on any atom is -0.317 e. The maximum atomic E-state index is 3.38.